The molecule has 5 heteroatoms. The molecule has 4 rings (SSSR count). The van der Waals surface area contributed by atoms with Gasteiger partial charge < -0.3 is 15.2 Å². The molecule has 0 saturated heterocycles. The van der Waals surface area contributed by atoms with E-state index in [9.17, 15) is 4.79 Å². The number of urea groups is 1. The zero-order chi connectivity index (χ0) is 20.1. The molecular weight excluding hydrogens is 360 g/mol. The first kappa shape index (κ1) is 18.7. The van der Waals surface area contributed by atoms with Gasteiger partial charge in [-0.15, -0.1) is 0 Å². The lowest BCUT2D eigenvalue weighted by Gasteiger charge is -2.15. The third-order valence-corrected chi connectivity index (χ3v) is 5.00. The first-order valence-electron chi connectivity index (χ1n) is 9.76. The number of nitrogens with one attached hydrogen (secondary N) is 2. The number of amides is 2. The Morgan fingerprint density at radius 1 is 0.931 bits per heavy atom. The number of rotatable bonds is 6. The predicted molar refractivity (Wildman–Crippen MR) is 116 cm³/mol. The smallest absolute Gasteiger partial charge is 0.315 e. The molecule has 0 saturated carbocycles. The van der Waals surface area contributed by atoms with Crippen LogP contribution in [0.3, 0.4) is 0 Å². The fourth-order valence-corrected chi connectivity index (χ4v) is 3.35. The summed E-state index contributed by atoms with van der Waals surface area (Å²) in [7, 11) is 0. The zero-order valence-electron chi connectivity index (χ0n) is 16.4. The summed E-state index contributed by atoms with van der Waals surface area (Å²) in [5.41, 5.74) is 5.47. The maximum Gasteiger partial charge on any atom is 0.315 e. The van der Waals surface area contributed by atoms with E-state index in [1.807, 2.05) is 61.8 Å². The molecule has 5 nitrogen and oxygen atoms in total. The number of benzene rings is 3. The lowest BCUT2D eigenvalue weighted by atomic mass is 10.1. The van der Waals surface area contributed by atoms with Crippen molar-refractivity contribution in [2.75, 3.05) is 0 Å². The Kier molecular flexibility index (Phi) is 5.56. The lowest BCUT2D eigenvalue weighted by Crippen LogP contribution is -2.36. The number of imidazole rings is 1. The molecule has 2 amide bonds. The van der Waals surface area contributed by atoms with Crippen molar-refractivity contribution in [1.29, 1.82) is 0 Å². The molecule has 0 aliphatic carbocycles. The SMILES string of the molecule is CC(NC(=O)NCc1ccc(Cn2cnc3ccccc32)cc1)c1ccccc1. The number of carbonyl (C=O) groups excluding carboxylic acids is 1. The number of fused-ring (bicyclic) bond motifs is 1. The van der Waals surface area contributed by atoms with E-state index in [1.165, 1.54) is 5.56 Å². The fourth-order valence-electron chi connectivity index (χ4n) is 3.35. The normalized spacial score (nSPS) is 11.9. The van der Waals surface area contributed by atoms with Crippen LogP contribution in [0.4, 0.5) is 4.79 Å². The van der Waals surface area contributed by atoms with E-state index < -0.39 is 0 Å². The molecule has 0 fully saturated rings. The van der Waals surface area contributed by atoms with Crippen molar-refractivity contribution in [3.8, 4) is 0 Å². The molecular formula is C24H24N4O. The summed E-state index contributed by atoms with van der Waals surface area (Å²) in [5, 5.41) is 5.89. The Bertz CT molecular complexity index is 1090. The quantitative estimate of drug-likeness (QED) is 0.509. The molecule has 4 aromatic rings. The maximum absolute atomic E-state index is 12.2. The highest BCUT2D eigenvalue weighted by Crippen LogP contribution is 2.15. The Morgan fingerprint density at radius 2 is 1.62 bits per heavy atom. The summed E-state index contributed by atoms with van der Waals surface area (Å²) in [4.78, 5) is 16.6. The monoisotopic (exact) mass is 384 g/mol. The lowest BCUT2D eigenvalue weighted by molar-refractivity contribution is 0.237. The molecule has 0 bridgehead atoms. The molecule has 3 aromatic carbocycles. The first-order valence-corrected chi connectivity index (χ1v) is 9.76. The largest absolute Gasteiger partial charge is 0.334 e. The molecule has 1 aromatic heterocycles. The van der Waals surface area contributed by atoms with Crippen molar-refractivity contribution in [3.05, 3.63) is 102 Å². The summed E-state index contributed by atoms with van der Waals surface area (Å²) in [6, 6.07) is 26.1. The number of hydrogen-bond donors (Lipinski definition) is 2. The van der Waals surface area contributed by atoms with Crippen LogP contribution >= 0.6 is 0 Å². The molecule has 146 valence electrons. The van der Waals surface area contributed by atoms with Gasteiger partial charge in [-0.2, -0.15) is 0 Å². The first-order chi connectivity index (χ1) is 14.2. The highest BCUT2D eigenvalue weighted by molar-refractivity contribution is 5.75. The molecule has 0 radical (unpaired) electrons. The van der Waals surface area contributed by atoms with Gasteiger partial charge in [-0.1, -0.05) is 66.7 Å². The average molecular weight is 384 g/mol. The second-order valence-corrected chi connectivity index (χ2v) is 7.14. The van der Waals surface area contributed by atoms with Crippen molar-refractivity contribution in [3.63, 3.8) is 0 Å². The van der Waals surface area contributed by atoms with Gasteiger partial charge in [0.1, 0.15) is 0 Å². The number of nitrogens with zero attached hydrogens (tertiary/aromatic N) is 2. The van der Waals surface area contributed by atoms with Crippen LogP contribution in [-0.4, -0.2) is 15.6 Å². The highest BCUT2D eigenvalue weighted by atomic mass is 16.2. The topological polar surface area (TPSA) is 59.0 Å². The van der Waals surface area contributed by atoms with E-state index in [0.717, 1.165) is 28.7 Å². The number of para-hydroxylation sites is 2. The molecule has 1 atom stereocenters. The minimum atomic E-state index is -0.171. The number of aromatic nitrogens is 2. The molecule has 29 heavy (non-hydrogen) atoms. The third kappa shape index (κ3) is 4.63. The average Bonchev–Trinajstić information content (AvgIpc) is 3.17. The van der Waals surface area contributed by atoms with Crippen molar-refractivity contribution >= 4 is 17.1 Å². The van der Waals surface area contributed by atoms with Crippen LogP contribution in [0, 0.1) is 0 Å². The van der Waals surface area contributed by atoms with Crippen LogP contribution in [-0.2, 0) is 13.1 Å². The molecule has 1 unspecified atom stereocenters. The predicted octanol–water partition coefficient (Wildman–Crippen LogP) is 4.65. The van der Waals surface area contributed by atoms with Gasteiger partial charge in [-0.3, -0.25) is 0 Å². The van der Waals surface area contributed by atoms with Crippen molar-refractivity contribution in [2.45, 2.75) is 26.1 Å². The molecule has 2 N–H and O–H groups in total. The number of carbonyl (C=O) groups is 1. The van der Waals surface area contributed by atoms with Gasteiger partial charge in [0.25, 0.3) is 0 Å². The summed E-state index contributed by atoms with van der Waals surface area (Å²) in [6.45, 7) is 3.23. The third-order valence-electron chi connectivity index (χ3n) is 5.00. The van der Waals surface area contributed by atoms with Crippen LogP contribution in [0.2, 0.25) is 0 Å². The molecule has 1 heterocycles. The van der Waals surface area contributed by atoms with Gasteiger partial charge in [-0.05, 0) is 35.7 Å². The van der Waals surface area contributed by atoms with E-state index in [4.69, 9.17) is 0 Å². The summed E-state index contributed by atoms with van der Waals surface area (Å²) in [6.07, 6.45) is 1.87. The van der Waals surface area contributed by atoms with Crippen molar-refractivity contribution in [2.24, 2.45) is 0 Å². The Labute approximate surface area is 170 Å². The highest BCUT2D eigenvalue weighted by Gasteiger charge is 2.08. The maximum atomic E-state index is 12.2. The van der Waals surface area contributed by atoms with Gasteiger partial charge in [-0.25, -0.2) is 9.78 Å². The van der Waals surface area contributed by atoms with E-state index in [1.54, 1.807) is 0 Å². The standard InChI is InChI=1S/C24H24N4O/c1-18(21-7-3-2-4-8-21)27-24(29)25-15-19-11-13-20(14-12-19)16-28-17-26-22-9-5-6-10-23(22)28/h2-14,17-18H,15-16H2,1H3,(H2,25,27,29). The zero-order valence-corrected chi connectivity index (χ0v) is 16.4. The van der Waals surface area contributed by atoms with Gasteiger partial charge in [0.05, 0.1) is 23.4 Å². The van der Waals surface area contributed by atoms with Crippen LogP contribution < -0.4 is 10.6 Å². The van der Waals surface area contributed by atoms with Crippen molar-refractivity contribution < 1.29 is 4.79 Å². The van der Waals surface area contributed by atoms with E-state index >= 15 is 0 Å². The van der Waals surface area contributed by atoms with Gasteiger partial charge in [0.15, 0.2) is 0 Å². The van der Waals surface area contributed by atoms with Gasteiger partial charge in [0, 0.05) is 13.1 Å². The van der Waals surface area contributed by atoms with Crippen LogP contribution in [0.15, 0.2) is 85.2 Å². The van der Waals surface area contributed by atoms with E-state index in [0.29, 0.717) is 6.54 Å². The second-order valence-electron chi connectivity index (χ2n) is 7.14. The minimum Gasteiger partial charge on any atom is -0.334 e. The fraction of sp³-hybridized carbons (Fsp3) is 0.167. The molecule has 0 spiro atoms. The van der Waals surface area contributed by atoms with Crippen LogP contribution in [0.1, 0.15) is 29.7 Å². The summed E-state index contributed by atoms with van der Waals surface area (Å²) >= 11 is 0. The minimum absolute atomic E-state index is 0.0384. The number of hydrogen-bond acceptors (Lipinski definition) is 2. The van der Waals surface area contributed by atoms with Crippen LogP contribution in [0.5, 0.6) is 0 Å². The molecule has 0 aliphatic heterocycles. The van der Waals surface area contributed by atoms with E-state index in [-0.39, 0.29) is 12.1 Å². The van der Waals surface area contributed by atoms with Gasteiger partial charge in [0.2, 0.25) is 0 Å². The Balaban J connectivity index is 1.31. The molecule has 0 aliphatic rings. The Morgan fingerprint density at radius 3 is 2.41 bits per heavy atom. The van der Waals surface area contributed by atoms with Crippen molar-refractivity contribution in [1.82, 2.24) is 20.2 Å². The summed E-state index contributed by atoms with van der Waals surface area (Å²) in [5.74, 6) is 0. The Hall–Kier alpha value is -3.60. The van der Waals surface area contributed by atoms with E-state index in [2.05, 4.69) is 50.5 Å². The van der Waals surface area contributed by atoms with Gasteiger partial charge >= 0.3 is 6.03 Å². The summed E-state index contributed by atoms with van der Waals surface area (Å²) < 4.78 is 2.14. The van der Waals surface area contributed by atoms with Crippen LogP contribution in [0.25, 0.3) is 11.0 Å². The second kappa shape index (κ2) is 8.61.